The molecule has 0 atom stereocenters. The van der Waals surface area contributed by atoms with Crippen LogP contribution in [0.4, 0.5) is 18.9 Å². The highest BCUT2D eigenvalue weighted by Crippen LogP contribution is 2.34. The first kappa shape index (κ1) is 29.1. The van der Waals surface area contributed by atoms with Crippen molar-refractivity contribution in [2.24, 2.45) is 11.8 Å². The lowest BCUT2D eigenvalue weighted by atomic mass is 9.81. The molecule has 2 aromatic heterocycles. The van der Waals surface area contributed by atoms with E-state index in [-0.39, 0.29) is 52.3 Å². The molecule has 0 unspecified atom stereocenters. The molecule has 1 fully saturated rings. The Hall–Kier alpha value is -4.43. The highest BCUT2D eigenvalue weighted by molar-refractivity contribution is 6.35. The Morgan fingerprint density at radius 1 is 1.02 bits per heavy atom. The fourth-order valence-corrected chi connectivity index (χ4v) is 5.80. The number of rotatable bonds is 6. The van der Waals surface area contributed by atoms with Crippen LogP contribution in [0.5, 0.6) is 0 Å². The van der Waals surface area contributed by atoms with Gasteiger partial charge in [-0.05, 0) is 67.5 Å². The third-order valence-electron chi connectivity index (χ3n) is 7.71. The number of nitriles is 1. The van der Waals surface area contributed by atoms with Crippen LogP contribution in [0.15, 0.2) is 70.5 Å². The Morgan fingerprint density at radius 2 is 1.71 bits per heavy atom. The van der Waals surface area contributed by atoms with Crippen LogP contribution in [0.25, 0.3) is 10.9 Å². The number of hydrogen-bond acceptors (Lipinski definition) is 5. The summed E-state index contributed by atoms with van der Waals surface area (Å²) in [6.07, 6.45) is 0.718. The van der Waals surface area contributed by atoms with Crippen molar-refractivity contribution in [1.82, 2.24) is 14.1 Å². The fraction of sp³-hybridized carbons (Fsp3) is 0.300. The number of carbonyl (C=O) groups excluding carboxylic acids is 1. The molecule has 12 heteroatoms. The minimum atomic E-state index is -4.76. The van der Waals surface area contributed by atoms with Crippen molar-refractivity contribution in [2.75, 3.05) is 5.32 Å². The smallest absolute Gasteiger partial charge is 0.326 e. The lowest BCUT2D eigenvalue weighted by Gasteiger charge is -2.28. The second kappa shape index (κ2) is 11.8. The van der Waals surface area contributed by atoms with E-state index in [9.17, 15) is 32.8 Å². The summed E-state index contributed by atoms with van der Waals surface area (Å²) in [6.45, 7) is -0.310. The van der Waals surface area contributed by atoms with E-state index in [1.807, 2.05) is 0 Å². The van der Waals surface area contributed by atoms with Crippen LogP contribution in [0.2, 0.25) is 5.02 Å². The summed E-state index contributed by atoms with van der Waals surface area (Å²) in [7, 11) is 0. The van der Waals surface area contributed by atoms with Crippen molar-refractivity contribution in [3.8, 4) is 6.07 Å². The molecular weight excluding hydrogens is 571 g/mol. The molecule has 0 spiro atoms. The van der Waals surface area contributed by atoms with Gasteiger partial charge in [0.05, 0.1) is 33.6 Å². The summed E-state index contributed by atoms with van der Waals surface area (Å²) >= 11 is 6.39. The number of carbonyl (C=O) groups is 1. The first-order chi connectivity index (χ1) is 20.1. The van der Waals surface area contributed by atoms with Gasteiger partial charge in [0.15, 0.2) is 0 Å². The molecule has 2 aromatic carbocycles. The minimum Gasteiger partial charge on any atom is -0.326 e. The molecular formula is C30H25ClF3N5O3. The lowest BCUT2D eigenvalue weighted by molar-refractivity contribution is -0.137. The van der Waals surface area contributed by atoms with Gasteiger partial charge >= 0.3 is 11.9 Å². The molecule has 1 saturated carbocycles. The molecule has 4 aromatic rings. The van der Waals surface area contributed by atoms with E-state index in [1.54, 1.807) is 36.7 Å². The maximum Gasteiger partial charge on any atom is 0.417 e. The average molecular weight is 596 g/mol. The van der Waals surface area contributed by atoms with Crippen LogP contribution in [0, 0.1) is 23.2 Å². The molecule has 8 nitrogen and oxygen atoms in total. The molecule has 42 heavy (non-hydrogen) atoms. The molecule has 1 N–H and O–H groups in total. The Bertz CT molecular complexity index is 1800. The van der Waals surface area contributed by atoms with Gasteiger partial charge in [0, 0.05) is 30.5 Å². The van der Waals surface area contributed by atoms with Gasteiger partial charge in [0.2, 0.25) is 5.91 Å². The quantitative estimate of drug-likeness (QED) is 0.312. The van der Waals surface area contributed by atoms with Crippen molar-refractivity contribution in [2.45, 2.75) is 44.9 Å². The second-order valence-corrected chi connectivity index (χ2v) is 10.7. The normalized spacial score (nSPS) is 17.1. The number of alkyl halides is 3. The number of amides is 1. The molecule has 0 bridgehead atoms. The first-order valence-electron chi connectivity index (χ1n) is 13.3. The summed E-state index contributed by atoms with van der Waals surface area (Å²) in [6, 6.07) is 12.9. The summed E-state index contributed by atoms with van der Waals surface area (Å²) in [5, 5.41) is 12.6. The molecule has 0 aliphatic heterocycles. The standard InChI is InChI=1S/C30H25ClF3N5O3/c31-24-5-2-6-25-26(24)28(41)39(16-18-7-9-19(10-8-18)27(40)37-21-11-13-36-14-12-21)29(42)38(25)17-20-3-1-4-23(22(20)15-35)30(32,33)34/h1-6,11-14,18-19H,7-10,16-17H2,(H,36,37,40). The second-order valence-electron chi connectivity index (χ2n) is 10.3. The number of benzene rings is 2. The van der Waals surface area contributed by atoms with Crippen molar-refractivity contribution in [3.05, 3.63) is 103 Å². The van der Waals surface area contributed by atoms with Crippen LogP contribution in [0.1, 0.15) is 42.4 Å². The monoisotopic (exact) mass is 595 g/mol. The number of fused-ring (bicyclic) bond motifs is 1. The topological polar surface area (TPSA) is 110 Å². The molecule has 216 valence electrons. The van der Waals surface area contributed by atoms with E-state index in [0.717, 1.165) is 10.6 Å². The van der Waals surface area contributed by atoms with E-state index in [2.05, 4.69) is 10.3 Å². The van der Waals surface area contributed by atoms with Gasteiger partial charge in [-0.25, -0.2) is 4.79 Å². The molecule has 1 aliphatic rings. The van der Waals surface area contributed by atoms with Crippen LogP contribution in [-0.4, -0.2) is 20.0 Å². The van der Waals surface area contributed by atoms with E-state index in [4.69, 9.17) is 11.6 Å². The summed E-state index contributed by atoms with van der Waals surface area (Å²) in [4.78, 5) is 44.0. The maximum atomic E-state index is 13.8. The van der Waals surface area contributed by atoms with Gasteiger partial charge in [-0.3, -0.25) is 23.7 Å². The van der Waals surface area contributed by atoms with Crippen molar-refractivity contribution < 1.29 is 18.0 Å². The minimum absolute atomic E-state index is 0.0124. The van der Waals surface area contributed by atoms with Gasteiger partial charge in [-0.2, -0.15) is 18.4 Å². The number of hydrogen-bond donors (Lipinski definition) is 1. The zero-order valence-corrected chi connectivity index (χ0v) is 23.0. The van der Waals surface area contributed by atoms with E-state index in [0.29, 0.717) is 31.4 Å². The van der Waals surface area contributed by atoms with Crippen LogP contribution in [0.3, 0.4) is 0 Å². The van der Waals surface area contributed by atoms with E-state index >= 15 is 0 Å². The molecule has 1 amide bonds. The van der Waals surface area contributed by atoms with E-state index < -0.39 is 28.6 Å². The molecule has 1 aliphatic carbocycles. The molecule has 5 rings (SSSR count). The maximum absolute atomic E-state index is 13.8. The fourth-order valence-electron chi connectivity index (χ4n) is 5.55. The van der Waals surface area contributed by atoms with Crippen molar-refractivity contribution in [1.29, 1.82) is 5.26 Å². The Balaban J connectivity index is 1.45. The Labute approximate surface area is 243 Å². The highest BCUT2D eigenvalue weighted by Gasteiger charge is 2.34. The number of nitrogens with zero attached hydrogens (tertiary/aromatic N) is 4. The molecule has 0 saturated heterocycles. The van der Waals surface area contributed by atoms with Crippen LogP contribution in [-0.2, 0) is 24.1 Å². The SMILES string of the molecule is N#Cc1c(Cn2c(=O)n(CC3CCC(C(=O)Nc4ccncc4)CC3)c(=O)c3c(Cl)cccc32)cccc1C(F)(F)F. The number of pyridine rings is 1. The summed E-state index contributed by atoms with van der Waals surface area (Å²) in [5.41, 5.74) is -2.21. The lowest BCUT2D eigenvalue weighted by Crippen LogP contribution is -2.42. The van der Waals surface area contributed by atoms with Gasteiger partial charge in [-0.1, -0.05) is 29.8 Å². The van der Waals surface area contributed by atoms with Crippen molar-refractivity contribution in [3.63, 3.8) is 0 Å². The molecule has 2 heterocycles. The number of anilines is 1. The van der Waals surface area contributed by atoms with Gasteiger partial charge in [-0.15, -0.1) is 0 Å². The number of aromatic nitrogens is 3. The van der Waals surface area contributed by atoms with Gasteiger partial charge < -0.3 is 5.32 Å². The van der Waals surface area contributed by atoms with Gasteiger partial charge in [0.25, 0.3) is 5.56 Å². The average Bonchev–Trinajstić information content (AvgIpc) is 2.97. The predicted molar refractivity (Wildman–Crippen MR) is 151 cm³/mol. The van der Waals surface area contributed by atoms with Gasteiger partial charge in [0.1, 0.15) is 6.07 Å². The third-order valence-corrected chi connectivity index (χ3v) is 8.02. The largest absolute Gasteiger partial charge is 0.417 e. The van der Waals surface area contributed by atoms with Crippen LogP contribution < -0.4 is 16.6 Å². The number of halogens is 4. The number of nitrogens with one attached hydrogen (secondary N) is 1. The third kappa shape index (κ3) is 5.81. The Morgan fingerprint density at radius 3 is 2.38 bits per heavy atom. The summed E-state index contributed by atoms with van der Waals surface area (Å²) in [5.74, 6) is -0.415. The zero-order chi connectivity index (χ0) is 30.0. The highest BCUT2D eigenvalue weighted by atomic mass is 35.5. The zero-order valence-electron chi connectivity index (χ0n) is 22.2. The van der Waals surface area contributed by atoms with Crippen LogP contribution >= 0.6 is 11.6 Å². The Kier molecular flexibility index (Phi) is 8.18. The molecule has 0 radical (unpaired) electrons. The van der Waals surface area contributed by atoms with Crippen molar-refractivity contribution >= 4 is 34.1 Å². The first-order valence-corrected chi connectivity index (χ1v) is 13.7. The predicted octanol–water partition coefficient (Wildman–Crippen LogP) is 5.60. The summed E-state index contributed by atoms with van der Waals surface area (Å²) < 4.78 is 43.0. The van der Waals surface area contributed by atoms with E-state index in [1.165, 1.54) is 28.8 Å².